The van der Waals surface area contributed by atoms with Crippen LogP contribution in [0.15, 0.2) is 36.5 Å². The second kappa shape index (κ2) is 5.90. The molecule has 2 rings (SSSR count). The summed E-state index contributed by atoms with van der Waals surface area (Å²) in [5.41, 5.74) is 1.24. The normalized spacial score (nSPS) is 10.0. The molecule has 0 aliphatic carbocycles. The molecule has 0 saturated heterocycles. The summed E-state index contributed by atoms with van der Waals surface area (Å²) < 4.78 is 0. The highest BCUT2D eigenvalue weighted by Gasteiger charge is 2.09. The highest BCUT2D eigenvalue weighted by atomic mass is 16.2. The van der Waals surface area contributed by atoms with E-state index in [1.165, 1.54) is 4.90 Å². The second-order valence-corrected chi connectivity index (χ2v) is 4.18. The molecule has 0 aliphatic heterocycles. The number of nitrogens with zero attached hydrogens (tertiary/aromatic N) is 4. The Kier molecular flexibility index (Phi) is 4.02. The zero-order chi connectivity index (χ0) is 13.7. The van der Waals surface area contributed by atoms with Gasteiger partial charge in [-0.25, -0.2) is 0 Å². The van der Waals surface area contributed by atoms with E-state index >= 15 is 0 Å². The van der Waals surface area contributed by atoms with Crippen molar-refractivity contribution in [2.75, 3.05) is 19.4 Å². The number of hydrogen-bond acceptors (Lipinski definition) is 5. The van der Waals surface area contributed by atoms with Gasteiger partial charge in [0.1, 0.15) is 5.82 Å². The number of anilines is 1. The maximum Gasteiger partial charge on any atom is 0.273 e. The Morgan fingerprint density at radius 3 is 2.63 bits per heavy atom. The molecule has 1 N–H and O–H groups in total. The molecule has 0 radical (unpaired) electrons. The molecular weight excluding hydrogens is 242 g/mol. The van der Waals surface area contributed by atoms with Crippen LogP contribution in [0.4, 0.5) is 5.82 Å². The lowest BCUT2D eigenvalue weighted by atomic mass is 10.3. The molecule has 2 aromatic rings. The zero-order valence-corrected chi connectivity index (χ0v) is 10.9. The first-order valence-corrected chi connectivity index (χ1v) is 5.86. The van der Waals surface area contributed by atoms with Gasteiger partial charge in [-0.1, -0.05) is 6.07 Å². The third-order valence-electron chi connectivity index (χ3n) is 2.47. The Labute approximate surface area is 111 Å². The van der Waals surface area contributed by atoms with Crippen molar-refractivity contribution in [3.8, 4) is 0 Å². The minimum Gasteiger partial charge on any atom is -0.363 e. The van der Waals surface area contributed by atoms with Crippen molar-refractivity contribution in [3.05, 3.63) is 47.9 Å². The fourth-order valence-electron chi connectivity index (χ4n) is 1.45. The first-order valence-electron chi connectivity index (χ1n) is 5.86. The number of amides is 1. The Morgan fingerprint density at radius 2 is 2.05 bits per heavy atom. The lowest BCUT2D eigenvalue weighted by Gasteiger charge is -2.09. The van der Waals surface area contributed by atoms with Crippen molar-refractivity contribution in [3.63, 3.8) is 0 Å². The molecule has 0 spiro atoms. The van der Waals surface area contributed by atoms with Crippen LogP contribution in [0.5, 0.6) is 0 Å². The van der Waals surface area contributed by atoms with Crippen molar-refractivity contribution in [2.24, 2.45) is 0 Å². The summed E-state index contributed by atoms with van der Waals surface area (Å²) in [7, 11) is 3.36. The average Bonchev–Trinajstić information content (AvgIpc) is 2.46. The van der Waals surface area contributed by atoms with E-state index in [9.17, 15) is 4.79 Å². The predicted octanol–water partition coefficient (Wildman–Crippen LogP) is 1.19. The largest absolute Gasteiger partial charge is 0.363 e. The van der Waals surface area contributed by atoms with Gasteiger partial charge in [-0.05, 0) is 24.3 Å². The molecule has 2 aromatic heterocycles. The summed E-state index contributed by atoms with van der Waals surface area (Å²) in [6, 6.07) is 9.09. The third-order valence-corrected chi connectivity index (χ3v) is 2.47. The van der Waals surface area contributed by atoms with Crippen molar-refractivity contribution >= 4 is 11.7 Å². The third kappa shape index (κ3) is 3.48. The van der Waals surface area contributed by atoms with Crippen LogP contribution in [-0.2, 0) is 6.54 Å². The van der Waals surface area contributed by atoms with Crippen molar-refractivity contribution < 1.29 is 4.79 Å². The smallest absolute Gasteiger partial charge is 0.273 e. The van der Waals surface area contributed by atoms with E-state index in [-0.39, 0.29) is 5.91 Å². The van der Waals surface area contributed by atoms with Gasteiger partial charge in [0.05, 0.1) is 12.2 Å². The van der Waals surface area contributed by atoms with E-state index in [0.717, 1.165) is 5.69 Å². The fourth-order valence-corrected chi connectivity index (χ4v) is 1.45. The maximum absolute atomic E-state index is 11.6. The molecule has 98 valence electrons. The van der Waals surface area contributed by atoms with Gasteiger partial charge in [-0.3, -0.25) is 9.78 Å². The van der Waals surface area contributed by atoms with Crippen LogP contribution in [0.3, 0.4) is 0 Å². The lowest BCUT2D eigenvalue weighted by molar-refractivity contribution is 0.0821. The van der Waals surface area contributed by atoms with E-state index in [2.05, 4.69) is 20.5 Å². The van der Waals surface area contributed by atoms with E-state index in [1.54, 1.807) is 32.4 Å². The van der Waals surface area contributed by atoms with Gasteiger partial charge < -0.3 is 10.2 Å². The monoisotopic (exact) mass is 257 g/mol. The van der Waals surface area contributed by atoms with E-state index in [0.29, 0.717) is 18.1 Å². The van der Waals surface area contributed by atoms with Gasteiger partial charge in [0, 0.05) is 20.3 Å². The summed E-state index contributed by atoms with van der Waals surface area (Å²) >= 11 is 0. The van der Waals surface area contributed by atoms with Crippen LogP contribution in [0.25, 0.3) is 0 Å². The van der Waals surface area contributed by atoms with Gasteiger partial charge in [0.25, 0.3) is 5.91 Å². The number of aromatic nitrogens is 3. The van der Waals surface area contributed by atoms with Crippen LogP contribution in [-0.4, -0.2) is 40.1 Å². The number of rotatable bonds is 4. The number of carbonyl (C=O) groups excluding carboxylic acids is 1. The molecule has 0 aromatic carbocycles. The summed E-state index contributed by atoms with van der Waals surface area (Å²) in [4.78, 5) is 17.3. The number of pyridine rings is 1. The molecule has 0 fully saturated rings. The van der Waals surface area contributed by atoms with Gasteiger partial charge in [0.2, 0.25) is 0 Å². The second-order valence-electron chi connectivity index (χ2n) is 4.18. The molecule has 2 heterocycles. The van der Waals surface area contributed by atoms with Gasteiger partial charge in [-0.15, -0.1) is 10.2 Å². The molecule has 1 amide bonds. The fraction of sp³-hybridized carbons (Fsp3) is 0.231. The molecule has 6 nitrogen and oxygen atoms in total. The maximum atomic E-state index is 11.6. The number of carbonyl (C=O) groups is 1. The molecule has 0 bridgehead atoms. The molecule has 0 aliphatic rings. The van der Waals surface area contributed by atoms with Crippen molar-refractivity contribution in [1.29, 1.82) is 0 Å². The number of hydrogen-bond donors (Lipinski definition) is 1. The van der Waals surface area contributed by atoms with E-state index in [1.807, 2.05) is 18.2 Å². The molecule has 19 heavy (non-hydrogen) atoms. The lowest BCUT2D eigenvalue weighted by Crippen LogP contribution is -2.23. The Balaban J connectivity index is 1.98. The van der Waals surface area contributed by atoms with Crippen LogP contribution in [0, 0.1) is 0 Å². The summed E-state index contributed by atoms with van der Waals surface area (Å²) in [6.07, 6.45) is 1.74. The van der Waals surface area contributed by atoms with Crippen molar-refractivity contribution in [1.82, 2.24) is 20.1 Å². The van der Waals surface area contributed by atoms with Crippen LogP contribution in [0.2, 0.25) is 0 Å². The quantitative estimate of drug-likeness (QED) is 0.890. The molecule has 0 unspecified atom stereocenters. The molecule has 6 heteroatoms. The average molecular weight is 257 g/mol. The Bertz CT molecular complexity index is 539. The molecule has 0 atom stereocenters. The number of nitrogens with one attached hydrogen (secondary N) is 1. The summed E-state index contributed by atoms with van der Waals surface area (Å²) in [6.45, 7) is 0.566. The van der Waals surface area contributed by atoms with Crippen LogP contribution < -0.4 is 5.32 Å². The van der Waals surface area contributed by atoms with Crippen LogP contribution >= 0.6 is 0 Å². The molecular formula is C13H15N5O. The SMILES string of the molecule is CN(C)C(=O)c1ccc(NCc2ccccn2)nn1. The Hall–Kier alpha value is -2.50. The van der Waals surface area contributed by atoms with Gasteiger partial charge in [0.15, 0.2) is 5.69 Å². The first kappa shape index (κ1) is 12.9. The van der Waals surface area contributed by atoms with E-state index in [4.69, 9.17) is 0 Å². The van der Waals surface area contributed by atoms with Crippen molar-refractivity contribution in [2.45, 2.75) is 6.54 Å². The Morgan fingerprint density at radius 1 is 1.21 bits per heavy atom. The standard InChI is InChI=1S/C13H15N5O/c1-18(2)13(19)11-6-7-12(17-16-11)15-9-10-5-3-4-8-14-10/h3-8H,9H2,1-2H3,(H,15,17). The molecule has 0 saturated carbocycles. The minimum absolute atomic E-state index is 0.163. The first-order chi connectivity index (χ1) is 9.16. The van der Waals surface area contributed by atoms with Crippen LogP contribution in [0.1, 0.15) is 16.2 Å². The zero-order valence-electron chi connectivity index (χ0n) is 10.9. The van der Waals surface area contributed by atoms with E-state index < -0.39 is 0 Å². The van der Waals surface area contributed by atoms with Gasteiger partial charge in [-0.2, -0.15) is 0 Å². The topological polar surface area (TPSA) is 71.0 Å². The van der Waals surface area contributed by atoms with Gasteiger partial charge >= 0.3 is 0 Å². The summed E-state index contributed by atoms with van der Waals surface area (Å²) in [5.74, 6) is 0.449. The summed E-state index contributed by atoms with van der Waals surface area (Å²) in [5, 5.41) is 10.9. The highest BCUT2D eigenvalue weighted by Crippen LogP contribution is 2.05. The minimum atomic E-state index is -0.163. The highest BCUT2D eigenvalue weighted by molar-refractivity contribution is 5.91. The predicted molar refractivity (Wildman–Crippen MR) is 71.6 cm³/mol.